The van der Waals surface area contributed by atoms with Crippen LogP contribution in [0.5, 0.6) is 0 Å². The number of rotatable bonds is 1. The summed E-state index contributed by atoms with van der Waals surface area (Å²) in [6.07, 6.45) is 9.13. The predicted molar refractivity (Wildman–Crippen MR) is 43.7 cm³/mol. The van der Waals surface area contributed by atoms with Gasteiger partial charge in [0, 0.05) is 6.20 Å². The van der Waals surface area contributed by atoms with Crippen LogP contribution in [-0.4, -0.2) is 16.5 Å². The van der Waals surface area contributed by atoms with Crippen LogP contribution >= 0.6 is 0 Å². The van der Waals surface area contributed by atoms with Crippen LogP contribution < -0.4 is 5.48 Å². The molecule has 2 aliphatic rings. The molecule has 1 unspecified atom stereocenters. The highest BCUT2D eigenvalue weighted by atomic mass is 16.9. The third-order valence-electron chi connectivity index (χ3n) is 1.82. The molecule has 0 radical (unpaired) electrons. The fourth-order valence-electron chi connectivity index (χ4n) is 1.18. The summed E-state index contributed by atoms with van der Waals surface area (Å²) in [7, 11) is 0. The largest absolute Gasteiger partial charge is 0.388 e. The van der Waals surface area contributed by atoms with Crippen molar-refractivity contribution in [3.63, 3.8) is 0 Å². The minimum atomic E-state index is -0.289. The lowest BCUT2D eigenvalue weighted by Crippen LogP contribution is -2.36. The molecule has 13 heavy (non-hydrogen) atoms. The lowest BCUT2D eigenvalue weighted by molar-refractivity contribution is -0.337. The van der Waals surface area contributed by atoms with Crippen molar-refractivity contribution >= 4 is 0 Å². The number of nitrogens with one attached hydrogen (secondary N) is 1. The normalized spacial score (nSPS) is 27.2. The summed E-state index contributed by atoms with van der Waals surface area (Å²) >= 11 is 0. The summed E-state index contributed by atoms with van der Waals surface area (Å²) in [5.41, 5.74) is 2.59. The molecule has 0 saturated carbocycles. The lowest BCUT2D eigenvalue weighted by Gasteiger charge is -2.27. The topological polar surface area (TPSA) is 54.0 Å². The van der Waals surface area contributed by atoms with Crippen molar-refractivity contribution < 1.29 is 14.9 Å². The fourth-order valence-corrected chi connectivity index (χ4v) is 1.18. The quantitative estimate of drug-likeness (QED) is 0.629. The second-order valence-corrected chi connectivity index (χ2v) is 2.68. The molecule has 0 aromatic carbocycles. The van der Waals surface area contributed by atoms with E-state index in [1.807, 2.05) is 6.08 Å². The van der Waals surface area contributed by atoms with Crippen LogP contribution in [0.25, 0.3) is 0 Å². The van der Waals surface area contributed by atoms with E-state index in [-0.39, 0.29) is 6.04 Å². The first-order valence-electron chi connectivity index (χ1n) is 3.97. The van der Waals surface area contributed by atoms with E-state index in [0.29, 0.717) is 12.2 Å². The van der Waals surface area contributed by atoms with E-state index in [0.717, 1.165) is 5.23 Å². The number of hydroxylamine groups is 3. The van der Waals surface area contributed by atoms with Gasteiger partial charge in [-0.3, -0.25) is 5.21 Å². The maximum atomic E-state index is 9.31. The zero-order chi connectivity index (χ0) is 9.10. The molecular weight excluding hydrogens is 172 g/mol. The summed E-state index contributed by atoms with van der Waals surface area (Å²) in [5, 5.41) is 10.1. The van der Waals surface area contributed by atoms with Gasteiger partial charge in [0.15, 0.2) is 5.76 Å². The van der Waals surface area contributed by atoms with Crippen molar-refractivity contribution in [2.24, 2.45) is 0 Å². The first kappa shape index (κ1) is 8.15. The summed E-state index contributed by atoms with van der Waals surface area (Å²) in [5.74, 6) is 0.620. The Bertz CT molecular complexity index is 273. The molecule has 2 aliphatic heterocycles. The van der Waals surface area contributed by atoms with Crippen LogP contribution in [0.4, 0.5) is 0 Å². The first-order valence-corrected chi connectivity index (χ1v) is 3.97. The van der Waals surface area contributed by atoms with E-state index >= 15 is 0 Å². The van der Waals surface area contributed by atoms with Crippen molar-refractivity contribution in [2.75, 3.05) is 0 Å². The molecule has 70 valence electrons. The Kier molecular flexibility index (Phi) is 2.20. The van der Waals surface area contributed by atoms with Crippen LogP contribution in [-0.2, 0) is 9.68 Å². The van der Waals surface area contributed by atoms with Gasteiger partial charge in [0.1, 0.15) is 12.3 Å². The number of hydrogen-bond donors (Lipinski definition) is 2. The molecule has 1 atom stereocenters. The summed E-state index contributed by atoms with van der Waals surface area (Å²) < 4.78 is 0. The SMILES string of the molecule is ON1OC=CCC1C1=CC=CNO1. The average Bonchev–Trinajstić information content (AvgIpc) is 2.20. The second-order valence-electron chi connectivity index (χ2n) is 2.68. The third-order valence-corrected chi connectivity index (χ3v) is 1.82. The third kappa shape index (κ3) is 1.66. The second kappa shape index (κ2) is 3.51. The Morgan fingerprint density at radius 1 is 1.62 bits per heavy atom. The Labute approximate surface area is 75.4 Å². The van der Waals surface area contributed by atoms with Gasteiger partial charge >= 0.3 is 0 Å². The highest BCUT2D eigenvalue weighted by Gasteiger charge is 2.26. The predicted octanol–water partition coefficient (Wildman–Crippen LogP) is 0.828. The van der Waals surface area contributed by atoms with Gasteiger partial charge in [-0.25, -0.2) is 5.48 Å². The van der Waals surface area contributed by atoms with Crippen LogP contribution in [0, 0.1) is 0 Å². The summed E-state index contributed by atoms with van der Waals surface area (Å²) in [4.78, 5) is 9.88. The van der Waals surface area contributed by atoms with E-state index in [4.69, 9.17) is 9.68 Å². The van der Waals surface area contributed by atoms with Gasteiger partial charge < -0.3 is 9.68 Å². The number of nitrogens with zero attached hydrogens (tertiary/aromatic N) is 1. The molecule has 2 rings (SSSR count). The van der Waals surface area contributed by atoms with Crippen LogP contribution in [0.1, 0.15) is 6.42 Å². The lowest BCUT2D eigenvalue weighted by atomic mass is 10.1. The smallest absolute Gasteiger partial charge is 0.155 e. The highest BCUT2D eigenvalue weighted by molar-refractivity contribution is 5.15. The average molecular weight is 182 g/mol. The standard InChI is InChI=1S/C8H10N2O3/c11-10-7(3-2-6-12-10)8-4-1-5-9-13-8/h1-2,4-7,9,11H,3H2. The number of hydrogen-bond acceptors (Lipinski definition) is 5. The van der Waals surface area contributed by atoms with Crippen molar-refractivity contribution in [3.8, 4) is 0 Å². The highest BCUT2D eigenvalue weighted by Crippen LogP contribution is 2.19. The van der Waals surface area contributed by atoms with Gasteiger partial charge in [0.05, 0.1) is 0 Å². The Balaban J connectivity index is 2.10. The van der Waals surface area contributed by atoms with Crippen molar-refractivity contribution in [3.05, 3.63) is 36.4 Å². The molecule has 0 bridgehead atoms. The monoisotopic (exact) mass is 182 g/mol. The molecule has 2 heterocycles. The minimum absolute atomic E-state index is 0.289. The molecule has 0 fully saturated rings. The Morgan fingerprint density at radius 2 is 2.54 bits per heavy atom. The van der Waals surface area contributed by atoms with Crippen LogP contribution in [0.15, 0.2) is 36.4 Å². The van der Waals surface area contributed by atoms with Crippen molar-refractivity contribution in [1.29, 1.82) is 0 Å². The summed E-state index contributed by atoms with van der Waals surface area (Å²) in [6.45, 7) is 0. The minimum Gasteiger partial charge on any atom is -0.388 e. The fraction of sp³-hybridized carbons (Fsp3) is 0.250. The molecule has 0 saturated heterocycles. The Hall–Kier alpha value is -1.46. The Morgan fingerprint density at radius 3 is 3.23 bits per heavy atom. The molecule has 0 aliphatic carbocycles. The van der Waals surface area contributed by atoms with E-state index in [1.165, 1.54) is 6.26 Å². The molecule has 0 aromatic rings. The van der Waals surface area contributed by atoms with E-state index in [2.05, 4.69) is 5.48 Å². The van der Waals surface area contributed by atoms with E-state index in [9.17, 15) is 5.21 Å². The van der Waals surface area contributed by atoms with Gasteiger partial charge in [0.2, 0.25) is 0 Å². The molecule has 0 amide bonds. The van der Waals surface area contributed by atoms with Crippen LogP contribution in [0.2, 0.25) is 0 Å². The molecule has 5 nitrogen and oxygen atoms in total. The molecule has 2 N–H and O–H groups in total. The summed E-state index contributed by atoms with van der Waals surface area (Å²) in [6, 6.07) is -0.289. The van der Waals surface area contributed by atoms with Gasteiger partial charge in [0.25, 0.3) is 0 Å². The zero-order valence-corrected chi connectivity index (χ0v) is 6.88. The number of allylic oxidation sites excluding steroid dienone is 2. The van der Waals surface area contributed by atoms with Gasteiger partial charge in [-0.05, 0) is 29.9 Å². The molecule has 5 heteroatoms. The van der Waals surface area contributed by atoms with Crippen molar-refractivity contribution in [2.45, 2.75) is 12.5 Å². The van der Waals surface area contributed by atoms with Crippen LogP contribution in [0.3, 0.4) is 0 Å². The van der Waals surface area contributed by atoms with Crippen molar-refractivity contribution in [1.82, 2.24) is 10.7 Å². The zero-order valence-electron chi connectivity index (χ0n) is 6.88. The maximum absolute atomic E-state index is 9.31. The molecular formula is C8H10N2O3. The van der Waals surface area contributed by atoms with Gasteiger partial charge in [-0.1, -0.05) is 0 Å². The van der Waals surface area contributed by atoms with E-state index < -0.39 is 0 Å². The molecule has 0 spiro atoms. The maximum Gasteiger partial charge on any atom is 0.155 e. The molecule has 0 aromatic heterocycles. The first-order chi connectivity index (χ1) is 6.38. The van der Waals surface area contributed by atoms with Gasteiger partial charge in [-0.15, -0.1) is 0 Å². The van der Waals surface area contributed by atoms with Gasteiger partial charge in [-0.2, -0.15) is 0 Å². The van der Waals surface area contributed by atoms with E-state index in [1.54, 1.807) is 18.4 Å².